The van der Waals surface area contributed by atoms with Crippen LogP contribution in [-0.2, 0) is 4.74 Å². The summed E-state index contributed by atoms with van der Waals surface area (Å²) in [5, 5.41) is 8.14. The van der Waals surface area contributed by atoms with Crippen LogP contribution in [0, 0.1) is 13.8 Å². The van der Waals surface area contributed by atoms with Crippen LogP contribution in [0.2, 0.25) is 0 Å². The summed E-state index contributed by atoms with van der Waals surface area (Å²) in [6.07, 6.45) is 6.30. The summed E-state index contributed by atoms with van der Waals surface area (Å²) in [5.41, 5.74) is 9.94. The van der Waals surface area contributed by atoms with E-state index in [9.17, 15) is 0 Å². The first-order valence-corrected chi connectivity index (χ1v) is 12.3. The van der Waals surface area contributed by atoms with Gasteiger partial charge in [0, 0.05) is 24.3 Å². The second kappa shape index (κ2) is 7.99. The van der Waals surface area contributed by atoms with Crippen LogP contribution >= 0.6 is 0 Å². The van der Waals surface area contributed by atoms with Crippen molar-refractivity contribution in [2.75, 3.05) is 43.2 Å². The minimum absolute atomic E-state index is 0.425. The number of ether oxygens (including phenoxy) is 1. The largest absolute Gasteiger partial charge is 0.378 e. The van der Waals surface area contributed by atoms with Crippen molar-refractivity contribution >= 4 is 17.0 Å². The molecule has 0 radical (unpaired) electrons. The third-order valence-corrected chi connectivity index (χ3v) is 7.96. The van der Waals surface area contributed by atoms with Crippen LogP contribution in [0.25, 0.3) is 16.8 Å². The lowest BCUT2D eigenvalue weighted by Crippen LogP contribution is -2.56. The SMILES string of the molecule is Cc1c(-c2cc3c(cc2C(C)C)N([C@@H]2CCCN(C4COC4)C2)CN3)cn2ncnc2c1C. The molecule has 0 spiro atoms. The molecule has 1 N–H and O–H groups in total. The first kappa shape index (κ1) is 20.9. The summed E-state index contributed by atoms with van der Waals surface area (Å²) in [6, 6.07) is 5.99. The van der Waals surface area contributed by atoms with E-state index in [0.717, 1.165) is 32.1 Å². The molecular weight excluding hydrogens is 412 g/mol. The Kier molecular flexibility index (Phi) is 5.07. The lowest BCUT2D eigenvalue weighted by Gasteiger charge is -2.44. The molecule has 3 aliphatic heterocycles. The molecule has 2 aromatic heterocycles. The van der Waals surface area contributed by atoms with Gasteiger partial charge in [-0.2, -0.15) is 5.10 Å². The number of nitrogens with zero attached hydrogens (tertiary/aromatic N) is 5. The van der Waals surface area contributed by atoms with E-state index in [1.165, 1.54) is 58.6 Å². The van der Waals surface area contributed by atoms with Crippen LogP contribution in [0.15, 0.2) is 24.7 Å². The molecule has 0 unspecified atom stereocenters. The zero-order chi connectivity index (χ0) is 22.7. The van der Waals surface area contributed by atoms with Crippen molar-refractivity contribution in [2.45, 2.75) is 58.5 Å². The van der Waals surface area contributed by atoms with Crippen LogP contribution in [0.3, 0.4) is 0 Å². The summed E-state index contributed by atoms with van der Waals surface area (Å²) in [5.74, 6) is 0.425. The van der Waals surface area contributed by atoms with Gasteiger partial charge in [-0.15, -0.1) is 0 Å². The van der Waals surface area contributed by atoms with E-state index in [1.807, 2.05) is 4.52 Å². The number of benzene rings is 1. The number of rotatable bonds is 4. The molecule has 7 nitrogen and oxygen atoms in total. The Labute approximate surface area is 195 Å². The first-order chi connectivity index (χ1) is 16.0. The minimum atomic E-state index is 0.425. The van der Waals surface area contributed by atoms with Crippen molar-refractivity contribution in [1.29, 1.82) is 0 Å². The summed E-state index contributed by atoms with van der Waals surface area (Å²) in [4.78, 5) is 9.69. The van der Waals surface area contributed by atoms with E-state index in [0.29, 0.717) is 18.0 Å². The Morgan fingerprint density at radius 1 is 1.09 bits per heavy atom. The van der Waals surface area contributed by atoms with Gasteiger partial charge in [-0.1, -0.05) is 13.8 Å². The van der Waals surface area contributed by atoms with Crippen molar-refractivity contribution in [2.24, 2.45) is 0 Å². The molecule has 33 heavy (non-hydrogen) atoms. The molecule has 0 aliphatic carbocycles. The van der Waals surface area contributed by atoms with Gasteiger partial charge in [-0.05, 0) is 73.5 Å². The van der Waals surface area contributed by atoms with E-state index in [-0.39, 0.29) is 0 Å². The van der Waals surface area contributed by atoms with Crippen LogP contribution in [-0.4, -0.2) is 64.6 Å². The van der Waals surface area contributed by atoms with Gasteiger partial charge >= 0.3 is 0 Å². The number of pyridine rings is 1. The monoisotopic (exact) mass is 446 g/mol. The summed E-state index contributed by atoms with van der Waals surface area (Å²) < 4.78 is 7.38. The number of piperidine rings is 1. The topological polar surface area (TPSA) is 57.9 Å². The predicted molar refractivity (Wildman–Crippen MR) is 132 cm³/mol. The van der Waals surface area contributed by atoms with Gasteiger partial charge < -0.3 is 15.0 Å². The molecule has 174 valence electrons. The molecule has 0 saturated carbocycles. The Hall–Kier alpha value is -2.64. The zero-order valence-corrected chi connectivity index (χ0v) is 20.1. The molecule has 0 bridgehead atoms. The van der Waals surface area contributed by atoms with E-state index < -0.39 is 0 Å². The average Bonchev–Trinajstić information content (AvgIpc) is 3.41. The lowest BCUT2D eigenvalue weighted by molar-refractivity contribution is -0.0719. The number of fused-ring (bicyclic) bond motifs is 2. The summed E-state index contributed by atoms with van der Waals surface area (Å²) in [6.45, 7) is 14.0. The molecule has 3 aromatic rings. The maximum atomic E-state index is 5.46. The van der Waals surface area contributed by atoms with Gasteiger partial charge in [-0.25, -0.2) is 9.50 Å². The number of nitrogens with one attached hydrogen (secondary N) is 1. The van der Waals surface area contributed by atoms with Crippen molar-refractivity contribution in [3.05, 3.63) is 41.3 Å². The molecule has 2 saturated heterocycles. The average molecular weight is 447 g/mol. The maximum Gasteiger partial charge on any atom is 0.158 e. The van der Waals surface area contributed by atoms with E-state index in [1.54, 1.807) is 6.33 Å². The van der Waals surface area contributed by atoms with Crippen molar-refractivity contribution in [3.63, 3.8) is 0 Å². The Balaban J connectivity index is 1.39. The molecule has 1 aromatic carbocycles. The zero-order valence-electron chi connectivity index (χ0n) is 20.1. The maximum absolute atomic E-state index is 5.46. The molecule has 2 fully saturated rings. The third kappa shape index (κ3) is 3.40. The lowest BCUT2D eigenvalue weighted by atomic mass is 9.89. The van der Waals surface area contributed by atoms with Gasteiger partial charge in [0.25, 0.3) is 0 Å². The fraction of sp³-hybridized carbons (Fsp3) is 0.538. The number of aryl methyl sites for hydroxylation is 1. The number of aromatic nitrogens is 3. The molecule has 1 atom stereocenters. The van der Waals surface area contributed by atoms with Crippen molar-refractivity contribution in [1.82, 2.24) is 19.5 Å². The molecular formula is C26H34N6O. The molecule has 7 heteroatoms. The van der Waals surface area contributed by atoms with E-state index in [2.05, 4.69) is 71.2 Å². The third-order valence-electron chi connectivity index (χ3n) is 7.96. The normalized spacial score (nSPS) is 21.5. The highest BCUT2D eigenvalue weighted by Crippen LogP contribution is 2.43. The number of anilines is 2. The number of likely N-dealkylation sites (tertiary alicyclic amines) is 1. The highest BCUT2D eigenvalue weighted by molar-refractivity contribution is 5.85. The van der Waals surface area contributed by atoms with Crippen molar-refractivity contribution in [3.8, 4) is 11.1 Å². The minimum Gasteiger partial charge on any atom is -0.378 e. The second-order valence-corrected chi connectivity index (χ2v) is 10.2. The van der Waals surface area contributed by atoms with Crippen LogP contribution in [0.1, 0.15) is 49.3 Å². The fourth-order valence-electron chi connectivity index (χ4n) is 5.75. The summed E-state index contributed by atoms with van der Waals surface area (Å²) >= 11 is 0. The highest BCUT2D eigenvalue weighted by atomic mass is 16.5. The fourth-order valence-corrected chi connectivity index (χ4v) is 5.75. The van der Waals surface area contributed by atoms with Gasteiger partial charge in [0.2, 0.25) is 0 Å². The summed E-state index contributed by atoms with van der Waals surface area (Å²) in [7, 11) is 0. The first-order valence-electron chi connectivity index (χ1n) is 12.3. The van der Waals surface area contributed by atoms with E-state index in [4.69, 9.17) is 4.74 Å². The second-order valence-electron chi connectivity index (χ2n) is 10.2. The van der Waals surface area contributed by atoms with Crippen LogP contribution in [0.4, 0.5) is 11.4 Å². The Morgan fingerprint density at radius 3 is 2.70 bits per heavy atom. The van der Waals surface area contributed by atoms with Gasteiger partial charge in [0.1, 0.15) is 6.33 Å². The number of hydrogen-bond donors (Lipinski definition) is 1. The van der Waals surface area contributed by atoms with Gasteiger partial charge in [-0.3, -0.25) is 4.90 Å². The quantitative estimate of drug-likeness (QED) is 0.649. The smallest absolute Gasteiger partial charge is 0.158 e. The van der Waals surface area contributed by atoms with Crippen molar-refractivity contribution < 1.29 is 4.74 Å². The number of hydrogen-bond acceptors (Lipinski definition) is 6. The van der Waals surface area contributed by atoms with Crippen LogP contribution in [0.5, 0.6) is 0 Å². The predicted octanol–water partition coefficient (Wildman–Crippen LogP) is 4.19. The Bertz CT molecular complexity index is 1200. The molecule has 3 aliphatic rings. The van der Waals surface area contributed by atoms with Crippen LogP contribution < -0.4 is 10.2 Å². The highest BCUT2D eigenvalue weighted by Gasteiger charge is 2.35. The van der Waals surface area contributed by atoms with Gasteiger partial charge in [0.05, 0.1) is 37.3 Å². The Morgan fingerprint density at radius 2 is 1.94 bits per heavy atom. The molecule has 0 amide bonds. The van der Waals surface area contributed by atoms with Gasteiger partial charge in [0.15, 0.2) is 5.65 Å². The molecule has 6 rings (SSSR count). The molecule has 5 heterocycles. The van der Waals surface area contributed by atoms with E-state index >= 15 is 0 Å². The standard InChI is InChI=1S/C26H34N6O/c1-16(2)21-9-25-24(8-22(21)23-11-32-26(27-14-29-32)18(4)17(23)3)28-15-31(25)19-6-5-7-30(10-19)20-12-33-13-20/h8-9,11,14,16,19-20,28H,5-7,10,12-13,15H2,1-4H3/t19-/m1/s1.